The maximum Gasteiger partial charge on any atom is 0.159 e. The summed E-state index contributed by atoms with van der Waals surface area (Å²) < 4.78 is 2.98. The molecule has 3 heterocycles. The predicted molar refractivity (Wildman–Crippen MR) is 54.5 cm³/mol. The quantitative estimate of drug-likeness (QED) is 0.605. The van der Waals surface area contributed by atoms with Crippen LogP contribution in [0.15, 0.2) is 36.5 Å². The first kappa shape index (κ1) is 7.64. The second-order valence-corrected chi connectivity index (χ2v) is 3.72. The van der Waals surface area contributed by atoms with Crippen LogP contribution in [0, 0.1) is 0 Å². The summed E-state index contributed by atoms with van der Waals surface area (Å²) in [6, 6.07) is 1.99. The van der Waals surface area contributed by atoms with Crippen molar-refractivity contribution >= 4 is 21.6 Å². The summed E-state index contributed by atoms with van der Waals surface area (Å²) in [5.41, 5.74) is 0.980. The van der Waals surface area contributed by atoms with Gasteiger partial charge in [-0.3, -0.25) is 4.57 Å². The Bertz CT molecular complexity index is 555. The Hall–Kier alpha value is -1.75. The van der Waals surface area contributed by atoms with Gasteiger partial charge >= 0.3 is 0 Å². The maximum absolute atomic E-state index is 4.24. The van der Waals surface area contributed by atoms with Crippen LogP contribution in [0.25, 0.3) is 16.0 Å². The van der Waals surface area contributed by atoms with Gasteiger partial charge in [0.05, 0.1) is 10.2 Å². The lowest BCUT2D eigenvalue weighted by Gasteiger charge is -2.00. The van der Waals surface area contributed by atoms with Gasteiger partial charge in [-0.1, -0.05) is 0 Å². The van der Waals surface area contributed by atoms with E-state index in [4.69, 9.17) is 0 Å². The summed E-state index contributed by atoms with van der Waals surface area (Å²) in [7, 11) is 0. The highest BCUT2D eigenvalue weighted by Gasteiger charge is 2.05. The zero-order valence-electron chi connectivity index (χ0n) is 7.16. The van der Waals surface area contributed by atoms with Crippen LogP contribution < -0.4 is 0 Å². The van der Waals surface area contributed by atoms with E-state index in [-0.39, 0.29) is 0 Å². The van der Waals surface area contributed by atoms with Crippen LogP contribution in [-0.4, -0.2) is 19.5 Å². The summed E-state index contributed by atoms with van der Waals surface area (Å²) >= 11 is 1.64. The first-order valence-corrected chi connectivity index (χ1v) is 4.99. The molecule has 3 aromatic rings. The summed E-state index contributed by atoms with van der Waals surface area (Å²) in [4.78, 5) is 12.4. The third kappa shape index (κ3) is 1.03. The van der Waals surface area contributed by atoms with Crippen molar-refractivity contribution in [2.75, 3.05) is 0 Å². The van der Waals surface area contributed by atoms with E-state index in [1.807, 2.05) is 22.2 Å². The second-order valence-electron chi connectivity index (χ2n) is 2.80. The molecule has 0 saturated heterocycles. The van der Waals surface area contributed by atoms with Crippen molar-refractivity contribution in [1.29, 1.82) is 0 Å². The number of hydrogen-bond donors (Lipinski definition) is 0. The highest BCUT2D eigenvalue weighted by molar-refractivity contribution is 7.17. The van der Waals surface area contributed by atoms with Crippen LogP contribution in [0.5, 0.6) is 0 Å². The fourth-order valence-electron chi connectivity index (χ4n) is 1.34. The molecule has 0 aliphatic rings. The fourth-order valence-corrected chi connectivity index (χ4v) is 2.18. The minimum absolute atomic E-state index is 0.891. The number of aromatic nitrogens is 4. The molecule has 0 fully saturated rings. The number of thiophene rings is 1. The van der Waals surface area contributed by atoms with E-state index in [0.717, 1.165) is 16.0 Å². The smallest absolute Gasteiger partial charge is 0.159 e. The van der Waals surface area contributed by atoms with Gasteiger partial charge in [0.2, 0.25) is 0 Å². The lowest BCUT2D eigenvalue weighted by Crippen LogP contribution is -1.94. The standard InChI is InChI=1S/C9H6N4S/c1-4-14-8-7(1)11-5-12-9(8)13-3-2-10-6-13/h1-6H. The number of hydrogen-bond acceptors (Lipinski definition) is 4. The maximum atomic E-state index is 4.24. The van der Waals surface area contributed by atoms with E-state index in [1.54, 1.807) is 30.2 Å². The molecule has 3 aromatic heterocycles. The highest BCUT2D eigenvalue weighted by Crippen LogP contribution is 2.23. The molecule has 0 unspecified atom stereocenters. The van der Waals surface area contributed by atoms with Crippen molar-refractivity contribution in [2.24, 2.45) is 0 Å². The molecule has 4 nitrogen and oxygen atoms in total. The lowest BCUT2D eigenvalue weighted by molar-refractivity contribution is 0.996. The zero-order chi connectivity index (χ0) is 9.38. The molecule has 0 aliphatic carbocycles. The molecule has 3 rings (SSSR count). The van der Waals surface area contributed by atoms with E-state index >= 15 is 0 Å². The van der Waals surface area contributed by atoms with Crippen LogP contribution in [0.1, 0.15) is 0 Å². The van der Waals surface area contributed by atoms with Gasteiger partial charge in [0, 0.05) is 12.4 Å². The van der Waals surface area contributed by atoms with Gasteiger partial charge in [0.15, 0.2) is 5.82 Å². The Morgan fingerprint density at radius 3 is 3.14 bits per heavy atom. The molecule has 68 valence electrons. The van der Waals surface area contributed by atoms with E-state index in [9.17, 15) is 0 Å². The molecule has 0 amide bonds. The first-order chi connectivity index (χ1) is 6.95. The molecule has 0 aromatic carbocycles. The number of rotatable bonds is 1. The molecule has 0 radical (unpaired) electrons. The summed E-state index contributed by atoms with van der Waals surface area (Å²) in [6.45, 7) is 0. The fraction of sp³-hybridized carbons (Fsp3) is 0. The number of nitrogens with zero attached hydrogens (tertiary/aromatic N) is 4. The van der Waals surface area contributed by atoms with Gasteiger partial charge in [-0.05, 0) is 11.4 Å². The Morgan fingerprint density at radius 1 is 1.29 bits per heavy atom. The second kappa shape index (κ2) is 2.88. The Morgan fingerprint density at radius 2 is 2.29 bits per heavy atom. The molecule has 0 saturated carbocycles. The zero-order valence-corrected chi connectivity index (χ0v) is 7.98. The Kier molecular flexibility index (Phi) is 1.57. The van der Waals surface area contributed by atoms with E-state index in [0.29, 0.717) is 0 Å². The average molecular weight is 202 g/mol. The molecule has 14 heavy (non-hydrogen) atoms. The molecule has 0 N–H and O–H groups in total. The SMILES string of the molecule is c1cn(-c2ncnc3ccsc23)cn1. The molecule has 0 atom stereocenters. The van der Waals surface area contributed by atoms with E-state index in [1.165, 1.54) is 0 Å². The van der Waals surface area contributed by atoms with Crippen molar-refractivity contribution < 1.29 is 0 Å². The largest absolute Gasteiger partial charge is 0.289 e. The van der Waals surface area contributed by atoms with Gasteiger partial charge in [0.25, 0.3) is 0 Å². The van der Waals surface area contributed by atoms with Crippen molar-refractivity contribution in [2.45, 2.75) is 0 Å². The van der Waals surface area contributed by atoms with Crippen molar-refractivity contribution in [1.82, 2.24) is 19.5 Å². The Labute approximate surface area is 83.9 Å². The van der Waals surface area contributed by atoms with E-state index in [2.05, 4.69) is 15.0 Å². The van der Waals surface area contributed by atoms with Crippen LogP contribution in [-0.2, 0) is 0 Å². The first-order valence-electron chi connectivity index (χ1n) is 4.12. The van der Waals surface area contributed by atoms with Gasteiger partial charge in [0.1, 0.15) is 12.7 Å². The normalized spacial score (nSPS) is 10.9. The van der Waals surface area contributed by atoms with Crippen LogP contribution >= 0.6 is 11.3 Å². The number of imidazole rings is 1. The average Bonchev–Trinajstić information content (AvgIpc) is 2.88. The summed E-state index contributed by atoms with van der Waals surface area (Å²) in [6.07, 6.45) is 6.93. The topological polar surface area (TPSA) is 43.6 Å². The van der Waals surface area contributed by atoms with Crippen LogP contribution in [0.2, 0.25) is 0 Å². The van der Waals surface area contributed by atoms with Gasteiger partial charge < -0.3 is 0 Å². The van der Waals surface area contributed by atoms with Gasteiger partial charge in [-0.25, -0.2) is 15.0 Å². The third-order valence-corrected chi connectivity index (χ3v) is 2.87. The van der Waals surface area contributed by atoms with Crippen molar-refractivity contribution in [3.63, 3.8) is 0 Å². The van der Waals surface area contributed by atoms with Crippen molar-refractivity contribution in [3.05, 3.63) is 36.5 Å². The molecule has 5 heteroatoms. The van der Waals surface area contributed by atoms with Crippen LogP contribution in [0.4, 0.5) is 0 Å². The molecular weight excluding hydrogens is 196 g/mol. The van der Waals surface area contributed by atoms with Gasteiger partial charge in [-0.15, -0.1) is 11.3 Å². The third-order valence-electron chi connectivity index (χ3n) is 1.97. The van der Waals surface area contributed by atoms with E-state index < -0.39 is 0 Å². The minimum Gasteiger partial charge on any atom is -0.289 e. The van der Waals surface area contributed by atoms with Gasteiger partial charge in [-0.2, -0.15) is 0 Å². The van der Waals surface area contributed by atoms with Crippen molar-refractivity contribution in [3.8, 4) is 5.82 Å². The summed E-state index contributed by atoms with van der Waals surface area (Å²) in [5.74, 6) is 0.891. The monoisotopic (exact) mass is 202 g/mol. The Balaban J connectivity index is 2.36. The molecule has 0 bridgehead atoms. The highest BCUT2D eigenvalue weighted by atomic mass is 32.1. The predicted octanol–water partition coefficient (Wildman–Crippen LogP) is 1.88. The molecule has 0 spiro atoms. The summed E-state index contributed by atoms with van der Waals surface area (Å²) in [5, 5.41) is 2.01. The lowest BCUT2D eigenvalue weighted by atomic mass is 10.4. The minimum atomic E-state index is 0.891. The molecule has 0 aliphatic heterocycles. The molecular formula is C9H6N4S. The van der Waals surface area contributed by atoms with Crippen LogP contribution in [0.3, 0.4) is 0 Å². The number of fused-ring (bicyclic) bond motifs is 1.